The number of nitrogen functional groups attached to an aromatic ring is 1. The summed E-state index contributed by atoms with van der Waals surface area (Å²) >= 11 is 0. The molecule has 21 heavy (non-hydrogen) atoms. The zero-order chi connectivity index (χ0) is 15.0. The minimum atomic E-state index is -0.0472. The third-order valence-electron chi connectivity index (χ3n) is 3.58. The molecular formula is C15H17N5O. The highest BCUT2D eigenvalue weighted by molar-refractivity contribution is 6.07. The van der Waals surface area contributed by atoms with E-state index in [0.29, 0.717) is 17.8 Å². The number of aryl methyl sites for hydroxylation is 1. The van der Waals surface area contributed by atoms with Crippen molar-refractivity contribution in [3.05, 3.63) is 48.2 Å². The molecule has 6 heteroatoms. The first-order chi connectivity index (χ1) is 10.1. The largest absolute Gasteiger partial charge is 0.399 e. The number of carbonyl (C=O) groups is 1. The van der Waals surface area contributed by atoms with Gasteiger partial charge in [-0.15, -0.1) is 0 Å². The minimum Gasteiger partial charge on any atom is -0.399 e. The van der Waals surface area contributed by atoms with Crippen molar-refractivity contribution < 1.29 is 4.79 Å². The summed E-state index contributed by atoms with van der Waals surface area (Å²) in [6, 6.07) is 5.49. The topological polar surface area (TPSA) is 79.9 Å². The number of nitrogens with two attached hydrogens (primary N) is 1. The summed E-state index contributed by atoms with van der Waals surface area (Å²) in [7, 11) is 3.68. The van der Waals surface area contributed by atoms with Crippen molar-refractivity contribution in [2.75, 3.05) is 12.8 Å². The lowest BCUT2D eigenvalue weighted by Crippen LogP contribution is -2.27. The van der Waals surface area contributed by atoms with Crippen molar-refractivity contribution in [3.8, 4) is 0 Å². The van der Waals surface area contributed by atoms with Gasteiger partial charge in [-0.2, -0.15) is 0 Å². The molecule has 6 nitrogen and oxygen atoms in total. The number of rotatable bonds is 3. The highest BCUT2D eigenvalue weighted by Crippen LogP contribution is 2.22. The molecule has 3 rings (SSSR count). The van der Waals surface area contributed by atoms with E-state index in [1.807, 2.05) is 29.9 Å². The molecule has 1 amide bonds. The van der Waals surface area contributed by atoms with Gasteiger partial charge in [-0.3, -0.25) is 4.79 Å². The fraction of sp³-hybridized carbons (Fsp3) is 0.200. The lowest BCUT2D eigenvalue weighted by molar-refractivity contribution is 0.0782. The van der Waals surface area contributed by atoms with Crippen LogP contribution < -0.4 is 5.73 Å². The zero-order valence-corrected chi connectivity index (χ0v) is 12.0. The summed E-state index contributed by atoms with van der Waals surface area (Å²) in [4.78, 5) is 21.6. The molecule has 3 aromatic rings. The third kappa shape index (κ3) is 2.35. The number of benzene rings is 1. The molecule has 0 saturated heterocycles. The number of nitrogens with one attached hydrogen (secondary N) is 1. The Morgan fingerprint density at radius 1 is 1.48 bits per heavy atom. The molecule has 0 aliphatic rings. The van der Waals surface area contributed by atoms with Gasteiger partial charge in [0, 0.05) is 49.3 Å². The molecule has 108 valence electrons. The van der Waals surface area contributed by atoms with Crippen LogP contribution in [0.2, 0.25) is 0 Å². The standard InChI is InChI=1S/C15H17N5O/c1-19-6-5-17-14(19)9-20(2)15(21)12-8-18-13-7-10(16)3-4-11(12)13/h3-8,18H,9,16H2,1-2H3. The predicted molar refractivity (Wildman–Crippen MR) is 81.7 cm³/mol. The van der Waals surface area contributed by atoms with Gasteiger partial charge < -0.3 is 20.2 Å². The average molecular weight is 283 g/mol. The predicted octanol–water partition coefficient (Wildman–Crippen LogP) is 1.76. The van der Waals surface area contributed by atoms with Gasteiger partial charge in [0.1, 0.15) is 5.82 Å². The summed E-state index contributed by atoms with van der Waals surface area (Å²) in [6.07, 6.45) is 5.31. The first-order valence-electron chi connectivity index (χ1n) is 6.64. The number of amides is 1. The van der Waals surface area contributed by atoms with Crippen molar-refractivity contribution in [2.45, 2.75) is 6.54 Å². The van der Waals surface area contributed by atoms with Crippen LogP contribution in [-0.2, 0) is 13.6 Å². The van der Waals surface area contributed by atoms with Crippen LogP contribution in [0.4, 0.5) is 5.69 Å². The molecule has 0 aliphatic heterocycles. The average Bonchev–Trinajstić information content (AvgIpc) is 3.04. The number of imidazole rings is 1. The molecule has 0 saturated carbocycles. The maximum absolute atomic E-state index is 12.6. The van der Waals surface area contributed by atoms with Crippen molar-refractivity contribution in [1.29, 1.82) is 0 Å². The number of anilines is 1. The Bertz CT molecular complexity index is 801. The Hall–Kier alpha value is -2.76. The first kappa shape index (κ1) is 13.2. The summed E-state index contributed by atoms with van der Waals surface area (Å²) in [6.45, 7) is 0.462. The molecular weight excluding hydrogens is 266 g/mol. The van der Waals surface area contributed by atoms with E-state index in [1.165, 1.54) is 0 Å². The quantitative estimate of drug-likeness (QED) is 0.719. The fourth-order valence-electron chi connectivity index (χ4n) is 2.36. The normalized spacial score (nSPS) is 11.0. The molecule has 0 spiro atoms. The van der Waals surface area contributed by atoms with Crippen molar-refractivity contribution in [1.82, 2.24) is 19.4 Å². The van der Waals surface area contributed by atoms with E-state index in [2.05, 4.69) is 9.97 Å². The van der Waals surface area contributed by atoms with Crippen LogP contribution in [-0.4, -0.2) is 32.4 Å². The third-order valence-corrected chi connectivity index (χ3v) is 3.58. The number of H-pyrrole nitrogens is 1. The van der Waals surface area contributed by atoms with E-state index < -0.39 is 0 Å². The van der Waals surface area contributed by atoms with Crippen LogP contribution >= 0.6 is 0 Å². The number of nitrogens with zero attached hydrogens (tertiary/aromatic N) is 3. The van der Waals surface area contributed by atoms with Crippen LogP contribution in [0, 0.1) is 0 Å². The van der Waals surface area contributed by atoms with Gasteiger partial charge in [0.05, 0.1) is 12.1 Å². The van der Waals surface area contributed by atoms with Gasteiger partial charge >= 0.3 is 0 Å². The number of fused-ring (bicyclic) bond motifs is 1. The summed E-state index contributed by atoms with van der Waals surface area (Å²) in [5.74, 6) is 0.795. The second-order valence-corrected chi connectivity index (χ2v) is 5.12. The van der Waals surface area contributed by atoms with Crippen molar-refractivity contribution >= 4 is 22.5 Å². The zero-order valence-electron chi connectivity index (χ0n) is 12.0. The van der Waals surface area contributed by atoms with Gasteiger partial charge in [-0.05, 0) is 18.2 Å². The smallest absolute Gasteiger partial charge is 0.256 e. The van der Waals surface area contributed by atoms with Crippen LogP contribution in [0.25, 0.3) is 10.9 Å². The fourth-order valence-corrected chi connectivity index (χ4v) is 2.36. The van der Waals surface area contributed by atoms with Crippen molar-refractivity contribution in [2.24, 2.45) is 7.05 Å². The highest BCUT2D eigenvalue weighted by Gasteiger charge is 2.17. The van der Waals surface area contributed by atoms with E-state index in [9.17, 15) is 4.79 Å². The number of carbonyl (C=O) groups excluding carboxylic acids is 1. The van der Waals surface area contributed by atoms with Crippen LogP contribution in [0.3, 0.4) is 0 Å². The molecule has 2 aromatic heterocycles. The second kappa shape index (κ2) is 4.97. The van der Waals surface area contributed by atoms with Gasteiger partial charge in [0.2, 0.25) is 0 Å². The molecule has 1 aromatic carbocycles. The molecule has 0 fully saturated rings. The van der Waals surface area contributed by atoms with Crippen LogP contribution in [0.5, 0.6) is 0 Å². The Balaban J connectivity index is 1.88. The summed E-state index contributed by atoms with van der Waals surface area (Å²) in [5, 5.41) is 0.876. The SMILES string of the molecule is CN(Cc1nccn1C)C(=O)c1c[nH]c2cc(N)ccc12. The lowest BCUT2D eigenvalue weighted by atomic mass is 10.1. The van der Waals surface area contributed by atoms with Crippen LogP contribution in [0.1, 0.15) is 16.2 Å². The Morgan fingerprint density at radius 2 is 2.29 bits per heavy atom. The van der Waals surface area contributed by atoms with E-state index in [0.717, 1.165) is 16.7 Å². The highest BCUT2D eigenvalue weighted by atomic mass is 16.2. The molecule has 0 atom stereocenters. The van der Waals surface area contributed by atoms with Gasteiger partial charge in [-0.1, -0.05) is 0 Å². The minimum absolute atomic E-state index is 0.0472. The molecule has 0 radical (unpaired) electrons. The van der Waals surface area contributed by atoms with Gasteiger partial charge in [0.15, 0.2) is 0 Å². The molecule has 3 N–H and O–H groups in total. The lowest BCUT2D eigenvalue weighted by Gasteiger charge is -2.16. The molecule has 0 aliphatic carbocycles. The van der Waals surface area contributed by atoms with Gasteiger partial charge in [-0.25, -0.2) is 4.98 Å². The maximum atomic E-state index is 12.6. The Morgan fingerprint density at radius 3 is 3.00 bits per heavy atom. The number of aromatic nitrogens is 3. The second-order valence-electron chi connectivity index (χ2n) is 5.12. The number of hydrogen-bond donors (Lipinski definition) is 2. The van der Waals surface area contributed by atoms with Crippen molar-refractivity contribution in [3.63, 3.8) is 0 Å². The Labute approximate surface area is 122 Å². The first-order valence-corrected chi connectivity index (χ1v) is 6.64. The van der Waals surface area contributed by atoms with E-state index in [4.69, 9.17) is 5.73 Å². The number of hydrogen-bond acceptors (Lipinski definition) is 3. The van der Waals surface area contributed by atoms with E-state index in [1.54, 1.807) is 30.4 Å². The van der Waals surface area contributed by atoms with E-state index >= 15 is 0 Å². The van der Waals surface area contributed by atoms with E-state index in [-0.39, 0.29) is 5.91 Å². The monoisotopic (exact) mass is 283 g/mol. The summed E-state index contributed by atoms with van der Waals surface area (Å²) in [5.41, 5.74) is 7.93. The molecule has 0 bridgehead atoms. The van der Waals surface area contributed by atoms with Gasteiger partial charge in [0.25, 0.3) is 5.91 Å². The molecule has 2 heterocycles. The number of aromatic amines is 1. The van der Waals surface area contributed by atoms with Crippen LogP contribution in [0.15, 0.2) is 36.8 Å². The molecule has 0 unspecified atom stereocenters. The Kier molecular flexibility index (Phi) is 3.13. The summed E-state index contributed by atoms with van der Waals surface area (Å²) < 4.78 is 1.90. The maximum Gasteiger partial charge on any atom is 0.256 e.